The van der Waals surface area contributed by atoms with Crippen LogP contribution in [0.25, 0.3) is 11.6 Å². The van der Waals surface area contributed by atoms with Gasteiger partial charge in [-0.3, -0.25) is 9.58 Å². The van der Waals surface area contributed by atoms with E-state index in [1.54, 1.807) is 6.92 Å². The first-order chi connectivity index (χ1) is 14.5. The van der Waals surface area contributed by atoms with E-state index in [2.05, 4.69) is 45.9 Å². The lowest BCUT2D eigenvalue weighted by Gasteiger charge is -2.23. The van der Waals surface area contributed by atoms with Gasteiger partial charge >= 0.3 is 0 Å². The molecule has 2 aliphatic heterocycles. The second-order valence-corrected chi connectivity index (χ2v) is 8.49. The largest absolute Gasteiger partial charge is 0.332 e. The number of aryl methyl sites for hydroxylation is 2. The Kier molecular flexibility index (Phi) is 10.3. The van der Waals surface area contributed by atoms with Gasteiger partial charge in [0.25, 0.3) is 5.89 Å². The third kappa shape index (κ3) is 6.79. The molecule has 0 N–H and O–H groups in total. The van der Waals surface area contributed by atoms with Gasteiger partial charge in [0.1, 0.15) is 0 Å². The van der Waals surface area contributed by atoms with Crippen LogP contribution in [0.5, 0.6) is 0 Å². The molecular weight excluding hydrogens is 400 g/mol. The molecule has 1 fully saturated rings. The molecule has 4 heterocycles. The molecular formula is C22H39ClN6O. The van der Waals surface area contributed by atoms with Crippen molar-refractivity contribution in [1.29, 1.82) is 0 Å². The van der Waals surface area contributed by atoms with E-state index in [4.69, 9.17) is 16.1 Å². The fourth-order valence-corrected chi connectivity index (χ4v) is 3.98. The molecule has 0 unspecified atom stereocenters. The van der Waals surface area contributed by atoms with Crippen molar-refractivity contribution in [2.24, 2.45) is 0 Å². The molecule has 4 rings (SSSR count). The van der Waals surface area contributed by atoms with Gasteiger partial charge in [-0.05, 0) is 60.2 Å². The summed E-state index contributed by atoms with van der Waals surface area (Å²) in [5.74, 6) is 0.979. The van der Waals surface area contributed by atoms with E-state index in [0.717, 1.165) is 31.7 Å². The molecule has 2 aromatic heterocycles. The molecule has 2 aliphatic rings. The van der Waals surface area contributed by atoms with E-state index in [0.29, 0.717) is 28.5 Å². The Hall–Kier alpha value is -1.44. The predicted molar refractivity (Wildman–Crippen MR) is 123 cm³/mol. The van der Waals surface area contributed by atoms with E-state index in [1.807, 2.05) is 18.5 Å². The van der Waals surface area contributed by atoms with Crippen LogP contribution in [-0.2, 0) is 13.1 Å². The van der Waals surface area contributed by atoms with Crippen molar-refractivity contribution in [1.82, 2.24) is 29.7 Å². The van der Waals surface area contributed by atoms with Crippen LogP contribution in [0.2, 0.25) is 5.02 Å². The Morgan fingerprint density at radius 3 is 2.20 bits per heavy atom. The Balaban J connectivity index is 0.000000269. The molecule has 0 amide bonds. The number of aromatic nitrogens is 4. The molecule has 30 heavy (non-hydrogen) atoms. The molecule has 0 aromatic carbocycles. The van der Waals surface area contributed by atoms with Crippen molar-refractivity contribution >= 4 is 11.6 Å². The molecule has 1 saturated heterocycles. The van der Waals surface area contributed by atoms with Gasteiger partial charge in [-0.25, -0.2) is 0 Å². The average molecular weight is 439 g/mol. The minimum atomic E-state index is 0.393. The zero-order valence-electron chi connectivity index (χ0n) is 19.6. The summed E-state index contributed by atoms with van der Waals surface area (Å²) in [6.07, 6.45) is 6.78. The van der Waals surface area contributed by atoms with Crippen LogP contribution in [0.15, 0.2) is 4.52 Å². The summed E-state index contributed by atoms with van der Waals surface area (Å²) in [6, 6.07) is 0.488. The van der Waals surface area contributed by atoms with Gasteiger partial charge in [0, 0.05) is 25.7 Å². The number of fused-ring (bicyclic) bond motifs is 1. The number of hydrogen-bond acceptors (Lipinski definition) is 6. The number of rotatable bonds is 2. The maximum atomic E-state index is 6.49. The van der Waals surface area contributed by atoms with Crippen LogP contribution in [0, 0.1) is 6.92 Å². The fraction of sp³-hybridized carbons (Fsp3) is 0.773. The molecule has 7 nitrogen and oxygen atoms in total. The summed E-state index contributed by atoms with van der Waals surface area (Å²) < 4.78 is 7.15. The summed E-state index contributed by atoms with van der Waals surface area (Å²) in [4.78, 5) is 9.03. The number of nitrogens with zero attached hydrogens (tertiary/aromatic N) is 6. The van der Waals surface area contributed by atoms with Crippen LogP contribution in [0.3, 0.4) is 0 Å². The number of halogens is 1. The second-order valence-electron chi connectivity index (χ2n) is 8.11. The first-order valence-electron chi connectivity index (χ1n) is 11.4. The molecule has 0 saturated carbocycles. The lowest BCUT2D eigenvalue weighted by Crippen LogP contribution is -2.30. The fourth-order valence-electron chi connectivity index (χ4n) is 3.71. The van der Waals surface area contributed by atoms with Crippen LogP contribution < -0.4 is 0 Å². The monoisotopic (exact) mass is 438 g/mol. The van der Waals surface area contributed by atoms with Crippen LogP contribution in [0.1, 0.15) is 71.3 Å². The van der Waals surface area contributed by atoms with E-state index >= 15 is 0 Å². The van der Waals surface area contributed by atoms with Gasteiger partial charge in [-0.2, -0.15) is 10.1 Å². The maximum absolute atomic E-state index is 6.49. The summed E-state index contributed by atoms with van der Waals surface area (Å²) in [7, 11) is 2.21. The van der Waals surface area contributed by atoms with Crippen LogP contribution in [0.4, 0.5) is 0 Å². The predicted octanol–water partition coefficient (Wildman–Crippen LogP) is 5.03. The van der Waals surface area contributed by atoms with Gasteiger partial charge in [0.2, 0.25) is 0 Å². The Labute approximate surface area is 186 Å². The molecule has 170 valence electrons. The number of hydrogen-bond donors (Lipinski definition) is 0. The molecule has 8 heteroatoms. The smallest absolute Gasteiger partial charge is 0.279 e. The third-order valence-electron chi connectivity index (χ3n) is 5.45. The van der Waals surface area contributed by atoms with E-state index < -0.39 is 0 Å². The Bertz CT molecular complexity index is 749. The first kappa shape index (κ1) is 24.8. The lowest BCUT2D eigenvalue weighted by atomic mass is 10.2. The minimum absolute atomic E-state index is 0.393. The maximum Gasteiger partial charge on any atom is 0.279 e. The van der Waals surface area contributed by atoms with Crippen LogP contribution >= 0.6 is 11.6 Å². The van der Waals surface area contributed by atoms with Gasteiger partial charge in [-0.15, -0.1) is 0 Å². The summed E-state index contributed by atoms with van der Waals surface area (Å²) >= 11 is 6.49. The summed E-state index contributed by atoms with van der Waals surface area (Å²) in [5, 5.41) is 8.97. The highest BCUT2D eigenvalue weighted by molar-refractivity contribution is 6.33. The quantitative estimate of drug-likeness (QED) is 0.655. The molecule has 0 spiro atoms. The highest BCUT2D eigenvalue weighted by atomic mass is 35.5. The number of likely N-dealkylation sites (tertiary alicyclic amines) is 1. The van der Waals surface area contributed by atoms with Gasteiger partial charge in [0.05, 0.1) is 10.7 Å². The van der Waals surface area contributed by atoms with Gasteiger partial charge in [0.15, 0.2) is 11.5 Å². The first-order valence-corrected chi connectivity index (χ1v) is 11.8. The zero-order valence-corrected chi connectivity index (χ0v) is 20.4. The topological polar surface area (TPSA) is 63.2 Å². The van der Waals surface area contributed by atoms with Gasteiger partial charge in [-0.1, -0.05) is 43.4 Å². The zero-order chi connectivity index (χ0) is 22.1. The highest BCUT2D eigenvalue weighted by Gasteiger charge is 2.25. The molecule has 0 aliphatic carbocycles. The minimum Gasteiger partial charge on any atom is -0.332 e. The standard InChI is InChI=1S/C13H18ClN5O.C7H15N.C2H6/c1-8(2)18-5-4-6-19-10(7-18)11(14)12(16-19)13-15-9(3)17-20-13;1-8-6-4-2-3-5-7-8;1-2/h8H,4-7H2,1-3H3;2-7H2,1H3;1-2H3. The Morgan fingerprint density at radius 2 is 1.63 bits per heavy atom. The summed E-state index contributed by atoms with van der Waals surface area (Å²) in [6.45, 7) is 15.5. The third-order valence-corrected chi connectivity index (χ3v) is 5.85. The molecule has 0 bridgehead atoms. The molecule has 0 radical (unpaired) electrons. The Morgan fingerprint density at radius 1 is 0.967 bits per heavy atom. The molecule has 0 atom stereocenters. The second kappa shape index (κ2) is 12.4. The van der Waals surface area contributed by atoms with Crippen molar-refractivity contribution in [2.45, 2.75) is 85.9 Å². The SMILES string of the molecule is CC.CN1CCCCCC1.Cc1noc(-c2nn3c(c2Cl)CN(C(C)C)CCC3)n1. The van der Waals surface area contributed by atoms with E-state index in [9.17, 15) is 0 Å². The lowest BCUT2D eigenvalue weighted by molar-refractivity contribution is 0.216. The van der Waals surface area contributed by atoms with Crippen molar-refractivity contribution in [3.05, 3.63) is 16.5 Å². The normalized spacial score (nSPS) is 17.9. The van der Waals surface area contributed by atoms with E-state index in [-0.39, 0.29) is 0 Å². The molecule has 2 aromatic rings. The van der Waals surface area contributed by atoms with Gasteiger partial charge < -0.3 is 9.42 Å². The average Bonchev–Trinajstić information content (AvgIpc) is 3.09. The van der Waals surface area contributed by atoms with Crippen molar-refractivity contribution in [3.63, 3.8) is 0 Å². The summed E-state index contributed by atoms with van der Waals surface area (Å²) in [5.41, 5.74) is 1.62. The highest BCUT2D eigenvalue weighted by Crippen LogP contribution is 2.31. The van der Waals surface area contributed by atoms with Crippen molar-refractivity contribution < 1.29 is 4.52 Å². The van der Waals surface area contributed by atoms with Crippen molar-refractivity contribution in [3.8, 4) is 11.6 Å². The van der Waals surface area contributed by atoms with Crippen LogP contribution in [-0.4, -0.2) is 62.4 Å². The van der Waals surface area contributed by atoms with Crippen molar-refractivity contribution in [2.75, 3.05) is 26.7 Å². The van der Waals surface area contributed by atoms with E-state index in [1.165, 1.54) is 38.8 Å².